The maximum absolute atomic E-state index is 14.2. The van der Waals surface area contributed by atoms with Gasteiger partial charge < -0.3 is 5.73 Å². The van der Waals surface area contributed by atoms with Crippen molar-refractivity contribution in [2.75, 3.05) is 12.8 Å². The van der Waals surface area contributed by atoms with Gasteiger partial charge >= 0.3 is 0 Å². The molecule has 1 aromatic carbocycles. The lowest BCUT2D eigenvalue weighted by molar-refractivity contribution is 0.458. The maximum atomic E-state index is 14.2. The van der Waals surface area contributed by atoms with Gasteiger partial charge in [0, 0.05) is 12.6 Å². The van der Waals surface area contributed by atoms with Crippen LogP contribution in [0.5, 0.6) is 0 Å². The third-order valence-electron chi connectivity index (χ3n) is 3.50. The summed E-state index contributed by atoms with van der Waals surface area (Å²) in [4.78, 5) is 4.13. The normalized spacial score (nSPS) is 25.0. The molecule has 8 heteroatoms. The van der Waals surface area contributed by atoms with Gasteiger partial charge in [0.2, 0.25) is 16.0 Å². The monoisotopic (exact) mass is 329 g/mol. The number of benzene rings is 1. The molecule has 0 fully saturated rings. The largest absolute Gasteiger partial charge is 0.369 e. The number of allylic oxidation sites excluding steroid dienone is 1. The predicted octanol–water partition coefficient (Wildman–Crippen LogP) is 1.96. The van der Waals surface area contributed by atoms with Crippen LogP contribution >= 0.6 is 0 Å². The summed E-state index contributed by atoms with van der Waals surface area (Å²) in [6.45, 7) is 2.75. The van der Waals surface area contributed by atoms with Crippen LogP contribution in [0.3, 0.4) is 0 Å². The molecule has 1 aliphatic rings. The van der Waals surface area contributed by atoms with Crippen molar-refractivity contribution in [1.29, 1.82) is 0 Å². The summed E-state index contributed by atoms with van der Waals surface area (Å²) in [5.74, 6) is -1.69. The van der Waals surface area contributed by atoms with Crippen molar-refractivity contribution in [2.45, 2.75) is 19.4 Å². The minimum absolute atomic E-state index is 0.0575. The van der Waals surface area contributed by atoms with Gasteiger partial charge in [-0.1, -0.05) is 6.07 Å². The van der Waals surface area contributed by atoms with E-state index in [0.29, 0.717) is 5.56 Å². The lowest BCUT2D eigenvalue weighted by atomic mass is 9.92. The Morgan fingerprint density at radius 2 is 2.14 bits per heavy atom. The Bertz CT molecular complexity index is 770. The van der Waals surface area contributed by atoms with Crippen molar-refractivity contribution in [3.63, 3.8) is 0 Å². The predicted molar refractivity (Wildman–Crippen MR) is 81.7 cm³/mol. The van der Waals surface area contributed by atoms with E-state index in [2.05, 4.69) is 4.99 Å². The molecule has 0 spiro atoms. The second-order valence-electron chi connectivity index (χ2n) is 5.44. The molecule has 0 saturated heterocycles. The first-order chi connectivity index (χ1) is 10.0. The van der Waals surface area contributed by atoms with Crippen molar-refractivity contribution in [2.24, 2.45) is 10.7 Å². The van der Waals surface area contributed by atoms with Crippen molar-refractivity contribution in [3.8, 4) is 0 Å². The number of halogens is 2. The molecular weight excluding hydrogens is 312 g/mol. The van der Waals surface area contributed by atoms with Gasteiger partial charge in [-0.25, -0.2) is 26.5 Å². The van der Waals surface area contributed by atoms with E-state index in [1.54, 1.807) is 0 Å². The van der Waals surface area contributed by atoms with Gasteiger partial charge in [0.15, 0.2) is 0 Å². The van der Waals surface area contributed by atoms with Gasteiger partial charge in [-0.3, -0.25) is 0 Å². The molecule has 120 valence electrons. The number of hydrogen-bond acceptors (Lipinski definition) is 4. The van der Waals surface area contributed by atoms with E-state index >= 15 is 0 Å². The van der Waals surface area contributed by atoms with Crippen molar-refractivity contribution in [1.82, 2.24) is 4.31 Å². The lowest BCUT2D eigenvalue weighted by Gasteiger charge is -2.34. The topological polar surface area (TPSA) is 75.8 Å². The van der Waals surface area contributed by atoms with Crippen LogP contribution < -0.4 is 5.73 Å². The fourth-order valence-electron chi connectivity index (χ4n) is 2.36. The van der Waals surface area contributed by atoms with Gasteiger partial charge in [0.25, 0.3) is 0 Å². The van der Waals surface area contributed by atoms with Crippen LogP contribution in [0.15, 0.2) is 29.0 Å². The van der Waals surface area contributed by atoms with Gasteiger partial charge in [-0.15, -0.1) is 0 Å². The molecule has 1 aliphatic heterocycles. The summed E-state index contributed by atoms with van der Waals surface area (Å²) in [7, 11) is -2.41. The van der Waals surface area contributed by atoms with E-state index < -0.39 is 33.0 Å². The zero-order chi connectivity index (χ0) is 16.7. The zero-order valence-corrected chi connectivity index (χ0v) is 13.3. The summed E-state index contributed by atoms with van der Waals surface area (Å²) in [6, 6.07) is 3.95. The molecular formula is C14H17F2N3O2S. The number of aliphatic imine (C=N–C) groups is 1. The smallest absolute Gasteiger partial charge is 0.239 e. The van der Waals surface area contributed by atoms with Crippen LogP contribution in [0.4, 0.5) is 8.78 Å². The van der Waals surface area contributed by atoms with Gasteiger partial charge in [-0.2, -0.15) is 0 Å². The molecule has 22 heavy (non-hydrogen) atoms. The highest BCUT2D eigenvalue weighted by molar-refractivity contribution is 7.89. The van der Waals surface area contributed by atoms with Crippen LogP contribution in [0.25, 0.3) is 6.08 Å². The van der Waals surface area contributed by atoms with Crippen LogP contribution in [0.2, 0.25) is 0 Å². The van der Waals surface area contributed by atoms with Crippen LogP contribution in [-0.2, 0) is 15.6 Å². The van der Waals surface area contributed by atoms with Crippen molar-refractivity contribution < 1.29 is 17.2 Å². The quantitative estimate of drug-likeness (QED) is 0.901. The molecule has 0 aliphatic carbocycles. The fourth-order valence-corrected chi connectivity index (χ4v) is 3.81. The molecule has 2 rings (SSSR count). The molecule has 0 unspecified atom stereocenters. The van der Waals surface area contributed by atoms with E-state index in [1.165, 1.54) is 39.1 Å². The second kappa shape index (κ2) is 5.35. The molecule has 0 aromatic heterocycles. The average molecular weight is 329 g/mol. The van der Waals surface area contributed by atoms with E-state index in [0.717, 1.165) is 10.4 Å². The minimum Gasteiger partial charge on any atom is -0.369 e. The number of sulfonamides is 1. The van der Waals surface area contributed by atoms with Crippen LogP contribution in [0.1, 0.15) is 25.0 Å². The summed E-state index contributed by atoms with van der Waals surface area (Å²) >= 11 is 0. The Kier molecular flexibility index (Phi) is 3.99. The first kappa shape index (κ1) is 16.4. The van der Waals surface area contributed by atoms with Gasteiger partial charge in [0.05, 0.1) is 11.6 Å². The molecule has 1 aromatic rings. The SMILES string of the molecule is C/C(F)=C/c1ccc(F)c([C@]2(C)CS(=O)(=O)N(C)C(N)=N2)c1. The first-order valence-corrected chi connectivity index (χ1v) is 8.12. The Hall–Kier alpha value is -1.96. The molecule has 0 radical (unpaired) electrons. The Morgan fingerprint density at radius 3 is 2.68 bits per heavy atom. The second-order valence-corrected chi connectivity index (χ2v) is 7.44. The molecule has 2 N–H and O–H groups in total. The molecule has 1 atom stereocenters. The number of rotatable bonds is 2. The first-order valence-electron chi connectivity index (χ1n) is 6.51. The Balaban J connectivity index is 2.62. The molecule has 0 amide bonds. The fraction of sp³-hybridized carbons (Fsp3) is 0.357. The van der Waals surface area contributed by atoms with E-state index in [-0.39, 0.29) is 11.5 Å². The molecule has 1 heterocycles. The summed E-state index contributed by atoms with van der Waals surface area (Å²) in [5.41, 5.74) is 4.75. The highest BCUT2D eigenvalue weighted by Crippen LogP contribution is 2.34. The Labute approximate surface area is 128 Å². The van der Waals surface area contributed by atoms with E-state index in [9.17, 15) is 17.2 Å². The highest BCUT2D eigenvalue weighted by Gasteiger charge is 2.41. The van der Waals surface area contributed by atoms with E-state index in [4.69, 9.17) is 5.73 Å². The zero-order valence-electron chi connectivity index (χ0n) is 12.5. The summed E-state index contributed by atoms with van der Waals surface area (Å²) in [5, 5.41) is 0. The molecule has 0 saturated carbocycles. The third-order valence-corrected chi connectivity index (χ3v) is 5.45. The number of nitrogens with two attached hydrogens (primary N) is 1. The number of nitrogens with zero attached hydrogens (tertiary/aromatic N) is 2. The molecule has 0 bridgehead atoms. The van der Waals surface area contributed by atoms with Gasteiger partial charge in [0.1, 0.15) is 11.4 Å². The number of guanidine groups is 1. The minimum atomic E-state index is -3.70. The summed E-state index contributed by atoms with van der Waals surface area (Å²) < 4.78 is 52.3. The Morgan fingerprint density at radius 1 is 1.50 bits per heavy atom. The van der Waals surface area contributed by atoms with Gasteiger partial charge in [-0.05, 0) is 37.6 Å². The summed E-state index contributed by atoms with van der Waals surface area (Å²) in [6.07, 6.45) is 1.23. The number of hydrogen-bond donors (Lipinski definition) is 1. The third kappa shape index (κ3) is 2.96. The lowest BCUT2D eigenvalue weighted by Crippen LogP contribution is -2.50. The van der Waals surface area contributed by atoms with Crippen molar-refractivity contribution in [3.05, 3.63) is 41.0 Å². The van der Waals surface area contributed by atoms with Crippen LogP contribution in [0, 0.1) is 5.82 Å². The standard InChI is InChI=1S/C14H17F2N3O2S/c1-9(15)6-10-4-5-12(16)11(7-10)14(2)8-22(20,21)19(3)13(17)18-14/h4-7H,8H2,1-3H3,(H2,17,18)/b9-6-/t14-/m0/s1. The highest BCUT2D eigenvalue weighted by atomic mass is 32.2. The molecule has 5 nitrogen and oxygen atoms in total. The van der Waals surface area contributed by atoms with Crippen LogP contribution in [-0.4, -0.2) is 31.5 Å². The van der Waals surface area contributed by atoms with Crippen molar-refractivity contribution >= 4 is 22.1 Å². The average Bonchev–Trinajstić information content (AvgIpc) is 2.37. The maximum Gasteiger partial charge on any atom is 0.239 e. The van der Waals surface area contributed by atoms with E-state index in [1.807, 2.05) is 0 Å².